The van der Waals surface area contributed by atoms with E-state index in [1.54, 1.807) is 4.90 Å². The van der Waals surface area contributed by atoms with Gasteiger partial charge in [-0.05, 0) is 24.3 Å². The summed E-state index contributed by atoms with van der Waals surface area (Å²) in [6, 6.07) is 15.0. The summed E-state index contributed by atoms with van der Waals surface area (Å²) in [4.78, 5) is 14.7. The SMILES string of the molecule is O=C(CSc1ccccc1)N1CCN(S(=O)(=O)c2ccccc2F)CC1. The van der Waals surface area contributed by atoms with Crippen molar-refractivity contribution in [2.24, 2.45) is 0 Å². The molecule has 1 saturated heterocycles. The molecule has 0 aromatic heterocycles. The first-order valence-corrected chi connectivity index (χ1v) is 10.6. The lowest BCUT2D eigenvalue weighted by Gasteiger charge is -2.34. The monoisotopic (exact) mass is 394 g/mol. The Hall–Kier alpha value is -1.90. The number of piperazine rings is 1. The Morgan fingerprint density at radius 1 is 0.962 bits per heavy atom. The second-order valence-electron chi connectivity index (χ2n) is 5.82. The van der Waals surface area contributed by atoms with Gasteiger partial charge < -0.3 is 4.90 Å². The smallest absolute Gasteiger partial charge is 0.246 e. The molecule has 1 fully saturated rings. The van der Waals surface area contributed by atoms with Crippen LogP contribution in [0.2, 0.25) is 0 Å². The zero-order valence-corrected chi connectivity index (χ0v) is 15.7. The molecule has 1 amide bonds. The number of hydrogen-bond donors (Lipinski definition) is 0. The van der Waals surface area contributed by atoms with Crippen LogP contribution in [-0.2, 0) is 14.8 Å². The molecule has 5 nitrogen and oxygen atoms in total. The van der Waals surface area contributed by atoms with E-state index in [1.165, 1.54) is 34.3 Å². The van der Waals surface area contributed by atoms with Gasteiger partial charge in [-0.15, -0.1) is 11.8 Å². The minimum Gasteiger partial charge on any atom is -0.339 e. The molecule has 0 aliphatic carbocycles. The Morgan fingerprint density at radius 3 is 2.23 bits per heavy atom. The average Bonchev–Trinajstić information content (AvgIpc) is 2.67. The van der Waals surface area contributed by atoms with Crippen molar-refractivity contribution in [3.63, 3.8) is 0 Å². The number of benzene rings is 2. The first kappa shape index (κ1) is 18.9. The highest BCUT2D eigenvalue weighted by molar-refractivity contribution is 8.00. The van der Waals surface area contributed by atoms with Crippen LogP contribution in [0.3, 0.4) is 0 Å². The predicted octanol–water partition coefficient (Wildman–Crippen LogP) is 2.45. The van der Waals surface area contributed by atoms with Crippen molar-refractivity contribution in [3.8, 4) is 0 Å². The maximum atomic E-state index is 13.8. The molecule has 8 heteroatoms. The third kappa shape index (κ3) is 4.25. The molecule has 138 valence electrons. The van der Waals surface area contributed by atoms with Gasteiger partial charge >= 0.3 is 0 Å². The zero-order chi connectivity index (χ0) is 18.6. The van der Waals surface area contributed by atoms with Crippen LogP contribution in [0.15, 0.2) is 64.4 Å². The number of hydrogen-bond acceptors (Lipinski definition) is 4. The third-order valence-corrected chi connectivity index (χ3v) is 7.08. The number of thioether (sulfide) groups is 1. The lowest BCUT2D eigenvalue weighted by Crippen LogP contribution is -2.51. The molecule has 26 heavy (non-hydrogen) atoms. The maximum absolute atomic E-state index is 13.8. The molecule has 0 bridgehead atoms. The van der Waals surface area contributed by atoms with Crippen LogP contribution in [-0.4, -0.2) is 55.5 Å². The van der Waals surface area contributed by atoms with E-state index in [9.17, 15) is 17.6 Å². The summed E-state index contributed by atoms with van der Waals surface area (Å²) in [7, 11) is -3.88. The Kier molecular flexibility index (Phi) is 5.95. The van der Waals surface area contributed by atoms with Crippen LogP contribution in [0.5, 0.6) is 0 Å². The summed E-state index contributed by atoms with van der Waals surface area (Å²) in [6.07, 6.45) is 0. The third-order valence-electron chi connectivity index (χ3n) is 4.15. The number of amides is 1. The normalized spacial score (nSPS) is 15.8. The van der Waals surface area contributed by atoms with Crippen molar-refractivity contribution < 1.29 is 17.6 Å². The number of carbonyl (C=O) groups excluding carboxylic acids is 1. The number of rotatable bonds is 5. The molecule has 2 aromatic rings. The standard InChI is InChI=1S/C18H19FN2O3S2/c19-16-8-4-5-9-17(16)26(23,24)21-12-10-20(11-13-21)18(22)14-25-15-6-2-1-3-7-15/h1-9H,10-14H2. The second-order valence-corrected chi connectivity index (χ2v) is 8.77. The van der Waals surface area contributed by atoms with Crippen molar-refractivity contribution in [2.75, 3.05) is 31.9 Å². The van der Waals surface area contributed by atoms with Gasteiger partial charge in [0.25, 0.3) is 0 Å². The van der Waals surface area contributed by atoms with Gasteiger partial charge in [-0.1, -0.05) is 30.3 Å². The van der Waals surface area contributed by atoms with Gasteiger partial charge in [-0.2, -0.15) is 4.31 Å². The molecule has 0 unspecified atom stereocenters. The molecule has 3 rings (SSSR count). The van der Waals surface area contributed by atoms with Gasteiger partial charge in [0, 0.05) is 31.1 Å². The van der Waals surface area contributed by atoms with Gasteiger partial charge in [0.15, 0.2) is 0 Å². The van der Waals surface area contributed by atoms with E-state index in [0.717, 1.165) is 11.0 Å². The fourth-order valence-electron chi connectivity index (χ4n) is 2.72. The van der Waals surface area contributed by atoms with Gasteiger partial charge in [-0.3, -0.25) is 4.79 Å². The van der Waals surface area contributed by atoms with Gasteiger partial charge in [0.2, 0.25) is 15.9 Å². The van der Waals surface area contributed by atoms with E-state index in [4.69, 9.17) is 0 Å². The zero-order valence-electron chi connectivity index (χ0n) is 14.0. The molecule has 0 radical (unpaired) electrons. The van der Waals surface area contributed by atoms with Crippen LogP contribution >= 0.6 is 11.8 Å². The topological polar surface area (TPSA) is 57.7 Å². The summed E-state index contributed by atoms with van der Waals surface area (Å²) in [5.41, 5.74) is 0. The molecular weight excluding hydrogens is 375 g/mol. The molecule has 0 atom stereocenters. The first-order valence-electron chi connectivity index (χ1n) is 8.19. The molecule has 2 aromatic carbocycles. The van der Waals surface area contributed by atoms with Crippen molar-refractivity contribution in [1.29, 1.82) is 0 Å². The minimum atomic E-state index is -3.88. The van der Waals surface area contributed by atoms with Crippen LogP contribution in [0, 0.1) is 5.82 Å². The van der Waals surface area contributed by atoms with E-state index in [0.29, 0.717) is 18.8 Å². The van der Waals surface area contributed by atoms with E-state index in [2.05, 4.69) is 0 Å². The highest BCUT2D eigenvalue weighted by Crippen LogP contribution is 2.21. The number of carbonyl (C=O) groups is 1. The van der Waals surface area contributed by atoms with E-state index in [1.807, 2.05) is 30.3 Å². The van der Waals surface area contributed by atoms with E-state index in [-0.39, 0.29) is 23.9 Å². The van der Waals surface area contributed by atoms with Crippen LogP contribution in [0.4, 0.5) is 4.39 Å². The molecule has 0 spiro atoms. The Labute approximate surface area is 156 Å². The average molecular weight is 394 g/mol. The van der Waals surface area contributed by atoms with Crippen LogP contribution in [0.25, 0.3) is 0 Å². The second kappa shape index (κ2) is 8.20. The van der Waals surface area contributed by atoms with Crippen LogP contribution in [0.1, 0.15) is 0 Å². The Bertz CT molecular complexity index is 867. The summed E-state index contributed by atoms with van der Waals surface area (Å²) >= 11 is 1.45. The van der Waals surface area contributed by atoms with Crippen molar-refractivity contribution in [3.05, 3.63) is 60.4 Å². The quantitative estimate of drug-likeness (QED) is 0.731. The highest BCUT2D eigenvalue weighted by atomic mass is 32.2. The molecule has 1 aliphatic rings. The van der Waals surface area contributed by atoms with Gasteiger partial charge in [0.05, 0.1) is 5.75 Å². The highest BCUT2D eigenvalue weighted by Gasteiger charge is 2.31. The molecule has 1 aliphatic heterocycles. The van der Waals surface area contributed by atoms with E-state index >= 15 is 0 Å². The summed E-state index contributed by atoms with van der Waals surface area (Å²) < 4.78 is 40.2. The van der Waals surface area contributed by atoms with Gasteiger partial charge in [-0.25, -0.2) is 12.8 Å². The number of halogens is 1. The Morgan fingerprint density at radius 2 is 1.58 bits per heavy atom. The number of sulfonamides is 1. The molecular formula is C18H19FN2O3S2. The lowest BCUT2D eigenvalue weighted by atomic mass is 10.3. The number of nitrogens with zero attached hydrogens (tertiary/aromatic N) is 2. The fraction of sp³-hybridized carbons (Fsp3) is 0.278. The lowest BCUT2D eigenvalue weighted by molar-refractivity contribution is -0.129. The Balaban J connectivity index is 1.57. The van der Waals surface area contributed by atoms with Crippen molar-refractivity contribution in [1.82, 2.24) is 9.21 Å². The first-order chi connectivity index (χ1) is 12.5. The molecule has 0 saturated carbocycles. The maximum Gasteiger partial charge on any atom is 0.246 e. The van der Waals surface area contributed by atoms with Crippen molar-refractivity contribution >= 4 is 27.7 Å². The van der Waals surface area contributed by atoms with E-state index < -0.39 is 15.8 Å². The largest absolute Gasteiger partial charge is 0.339 e. The van der Waals surface area contributed by atoms with Crippen molar-refractivity contribution in [2.45, 2.75) is 9.79 Å². The summed E-state index contributed by atoms with van der Waals surface area (Å²) in [5.74, 6) is -0.476. The van der Waals surface area contributed by atoms with Crippen LogP contribution < -0.4 is 0 Å². The molecule has 0 N–H and O–H groups in total. The predicted molar refractivity (Wildman–Crippen MR) is 98.9 cm³/mol. The summed E-state index contributed by atoms with van der Waals surface area (Å²) in [5, 5.41) is 0. The summed E-state index contributed by atoms with van der Waals surface area (Å²) in [6.45, 7) is 0.945. The minimum absolute atomic E-state index is 0.0261. The van der Waals surface area contributed by atoms with Gasteiger partial charge in [0.1, 0.15) is 10.7 Å². The fourth-order valence-corrected chi connectivity index (χ4v) is 5.03. The molecule has 1 heterocycles.